The van der Waals surface area contributed by atoms with Crippen molar-refractivity contribution < 1.29 is 9.90 Å². The zero-order valence-corrected chi connectivity index (χ0v) is 15.4. The van der Waals surface area contributed by atoms with E-state index >= 15 is 0 Å². The Hall–Kier alpha value is -1.44. The number of aliphatic hydroxyl groups is 1. The highest BCUT2D eigenvalue weighted by atomic mass is 16.3. The highest BCUT2D eigenvalue weighted by molar-refractivity contribution is 5.92. The third kappa shape index (κ3) is 4.80. The van der Waals surface area contributed by atoms with Gasteiger partial charge in [-0.15, -0.1) is 0 Å². The van der Waals surface area contributed by atoms with Crippen molar-refractivity contribution >= 4 is 5.91 Å². The lowest BCUT2D eigenvalue weighted by molar-refractivity contribution is 0.0449. The van der Waals surface area contributed by atoms with Gasteiger partial charge < -0.3 is 19.8 Å². The summed E-state index contributed by atoms with van der Waals surface area (Å²) in [5.41, 5.74) is 1.37. The number of hydrogen-bond donors (Lipinski definition) is 2. The highest BCUT2D eigenvalue weighted by Crippen LogP contribution is 2.24. The van der Waals surface area contributed by atoms with Crippen LogP contribution in [0.2, 0.25) is 0 Å². The van der Waals surface area contributed by atoms with Gasteiger partial charge >= 0.3 is 0 Å². The Bertz CT molecular complexity index is 576. The lowest BCUT2D eigenvalue weighted by atomic mass is 9.89. The summed E-state index contributed by atoms with van der Waals surface area (Å²) in [7, 11) is 2.18. The molecular formula is C18H31N5O2. The van der Waals surface area contributed by atoms with Gasteiger partial charge in [-0.25, -0.2) is 0 Å². The van der Waals surface area contributed by atoms with E-state index in [0.29, 0.717) is 18.2 Å². The van der Waals surface area contributed by atoms with Gasteiger partial charge in [-0.2, -0.15) is 5.10 Å². The van der Waals surface area contributed by atoms with E-state index in [0.717, 1.165) is 51.4 Å². The summed E-state index contributed by atoms with van der Waals surface area (Å²) in [5.74, 6) is 0.554. The van der Waals surface area contributed by atoms with Crippen LogP contribution in [0.25, 0.3) is 0 Å². The number of piperidine rings is 1. The first-order chi connectivity index (χ1) is 12.0. The Morgan fingerprint density at radius 2 is 2.08 bits per heavy atom. The molecule has 2 aliphatic rings. The molecule has 0 saturated carbocycles. The summed E-state index contributed by atoms with van der Waals surface area (Å²) in [6.45, 7) is 8.90. The molecule has 1 amide bonds. The molecule has 2 aliphatic heterocycles. The summed E-state index contributed by atoms with van der Waals surface area (Å²) in [4.78, 5) is 19.5. The average Bonchev–Trinajstić information content (AvgIpc) is 2.94. The quantitative estimate of drug-likeness (QED) is 0.824. The first-order valence-electron chi connectivity index (χ1n) is 9.38. The Morgan fingerprint density at radius 1 is 1.28 bits per heavy atom. The van der Waals surface area contributed by atoms with Gasteiger partial charge in [0.1, 0.15) is 5.69 Å². The predicted octanol–water partition coefficient (Wildman–Crippen LogP) is 0.426. The van der Waals surface area contributed by atoms with E-state index < -0.39 is 0 Å². The fourth-order valence-corrected chi connectivity index (χ4v) is 4.09. The van der Waals surface area contributed by atoms with E-state index in [9.17, 15) is 9.90 Å². The van der Waals surface area contributed by atoms with Gasteiger partial charge in [0.2, 0.25) is 0 Å². The molecule has 7 nitrogen and oxygen atoms in total. The van der Waals surface area contributed by atoms with Gasteiger partial charge in [-0.3, -0.25) is 9.89 Å². The summed E-state index contributed by atoms with van der Waals surface area (Å²) in [5, 5.41) is 16.6. The molecule has 25 heavy (non-hydrogen) atoms. The second-order valence-corrected chi connectivity index (χ2v) is 7.75. The summed E-state index contributed by atoms with van der Waals surface area (Å²) in [6, 6.07) is 1.80. The molecule has 3 rings (SSSR count). The fraction of sp³-hybridized carbons (Fsp3) is 0.778. The van der Waals surface area contributed by atoms with Crippen LogP contribution >= 0.6 is 0 Å². The van der Waals surface area contributed by atoms with Crippen LogP contribution in [-0.2, 0) is 0 Å². The van der Waals surface area contributed by atoms with E-state index in [1.54, 1.807) is 6.07 Å². The lowest BCUT2D eigenvalue weighted by Crippen LogP contribution is -2.48. The normalized spacial score (nSPS) is 26.6. The molecule has 3 heterocycles. The van der Waals surface area contributed by atoms with Gasteiger partial charge in [0, 0.05) is 45.0 Å². The number of carbonyl (C=O) groups excluding carboxylic acids is 1. The number of nitrogens with zero attached hydrogens (tertiary/aromatic N) is 4. The third-order valence-corrected chi connectivity index (χ3v) is 5.42. The summed E-state index contributed by atoms with van der Waals surface area (Å²) >= 11 is 0. The van der Waals surface area contributed by atoms with Crippen molar-refractivity contribution in [2.45, 2.75) is 19.8 Å². The molecule has 2 atom stereocenters. The van der Waals surface area contributed by atoms with Gasteiger partial charge in [0.25, 0.3) is 5.91 Å². The maximum atomic E-state index is 12.8. The maximum Gasteiger partial charge on any atom is 0.274 e. The molecule has 0 spiro atoms. The highest BCUT2D eigenvalue weighted by Gasteiger charge is 2.32. The molecule has 140 valence electrons. The van der Waals surface area contributed by atoms with E-state index in [-0.39, 0.29) is 18.4 Å². The minimum absolute atomic E-state index is 0.0249. The molecule has 7 heteroatoms. The Kier molecular flexibility index (Phi) is 6.09. The Morgan fingerprint density at radius 3 is 2.80 bits per heavy atom. The SMILES string of the molecule is Cc1cc(C(=O)N2C[C@@H](CO)C[C@@H](CN3CCCN(C)CC3)C2)n[nH]1. The molecule has 2 N–H and O–H groups in total. The van der Waals surface area contributed by atoms with Crippen LogP contribution in [0.5, 0.6) is 0 Å². The molecular weight excluding hydrogens is 318 g/mol. The first kappa shape index (κ1) is 18.4. The molecule has 0 unspecified atom stereocenters. The van der Waals surface area contributed by atoms with Crippen molar-refractivity contribution in [1.82, 2.24) is 24.9 Å². The number of likely N-dealkylation sites (tertiary alicyclic amines) is 1. The zero-order valence-electron chi connectivity index (χ0n) is 15.4. The fourth-order valence-electron chi connectivity index (χ4n) is 4.09. The number of rotatable bonds is 4. The average molecular weight is 349 g/mol. The first-order valence-corrected chi connectivity index (χ1v) is 9.38. The minimum atomic E-state index is -0.0249. The van der Waals surface area contributed by atoms with Crippen LogP contribution in [0.3, 0.4) is 0 Å². The third-order valence-electron chi connectivity index (χ3n) is 5.42. The minimum Gasteiger partial charge on any atom is -0.396 e. The number of amides is 1. The van der Waals surface area contributed by atoms with Crippen molar-refractivity contribution in [3.63, 3.8) is 0 Å². The van der Waals surface area contributed by atoms with Crippen LogP contribution in [0.4, 0.5) is 0 Å². The van der Waals surface area contributed by atoms with Gasteiger partial charge in [0.05, 0.1) is 0 Å². The molecule has 0 aromatic carbocycles. The van der Waals surface area contributed by atoms with Crippen LogP contribution in [0.1, 0.15) is 29.0 Å². The van der Waals surface area contributed by atoms with E-state index in [4.69, 9.17) is 0 Å². The predicted molar refractivity (Wildman–Crippen MR) is 96.5 cm³/mol. The number of aromatic nitrogens is 2. The van der Waals surface area contributed by atoms with Crippen molar-refractivity contribution in [2.24, 2.45) is 11.8 Å². The number of aliphatic hydroxyl groups excluding tert-OH is 1. The molecule has 1 aromatic rings. The number of nitrogens with one attached hydrogen (secondary N) is 1. The number of hydrogen-bond acceptors (Lipinski definition) is 5. The number of carbonyl (C=O) groups is 1. The maximum absolute atomic E-state index is 12.8. The van der Waals surface area contributed by atoms with Gasteiger partial charge in [-0.05, 0) is 57.8 Å². The molecule has 1 aromatic heterocycles. The molecule has 2 saturated heterocycles. The van der Waals surface area contributed by atoms with Crippen LogP contribution in [0, 0.1) is 18.8 Å². The molecule has 0 aliphatic carbocycles. The van der Waals surface area contributed by atoms with Gasteiger partial charge in [-0.1, -0.05) is 0 Å². The molecule has 0 bridgehead atoms. The van der Waals surface area contributed by atoms with Crippen molar-refractivity contribution in [1.29, 1.82) is 0 Å². The van der Waals surface area contributed by atoms with Crippen molar-refractivity contribution in [2.75, 3.05) is 59.5 Å². The smallest absolute Gasteiger partial charge is 0.274 e. The molecule has 2 fully saturated rings. The van der Waals surface area contributed by atoms with Crippen molar-refractivity contribution in [3.8, 4) is 0 Å². The largest absolute Gasteiger partial charge is 0.396 e. The number of H-pyrrole nitrogens is 1. The second-order valence-electron chi connectivity index (χ2n) is 7.75. The summed E-state index contributed by atoms with van der Waals surface area (Å²) in [6.07, 6.45) is 2.19. The van der Waals surface area contributed by atoms with E-state index in [1.165, 1.54) is 6.42 Å². The number of aryl methyl sites for hydroxylation is 1. The number of aromatic amines is 1. The van der Waals surface area contributed by atoms with Gasteiger partial charge in [0.15, 0.2) is 0 Å². The van der Waals surface area contributed by atoms with E-state index in [2.05, 4.69) is 27.0 Å². The summed E-state index contributed by atoms with van der Waals surface area (Å²) < 4.78 is 0. The van der Waals surface area contributed by atoms with Crippen LogP contribution < -0.4 is 0 Å². The second kappa shape index (κ2) is 8.29. The Balaban J connectivity index is 1.62. The lowest BCUT2D eigenvalue weighted by Gasteiger charge is -2.39. The van der Waals surface area contributed by atoms with Crippen LogP contribution in [0.15, 0.2) is 6.07 Å². The number of likely N-dealkylation sites (N-methyl/N-ethyl adjacent to an activating group) is 1. The Labute approximate surface area is 150 Å². The molecule has 0 radical (unpaired) electrons. The van der Waals surface area contributed by atoms with E-state index in [1.807, 2.05) is 11.8 Å². The zero-order chi connectivity index (χ0) is 17.8. The monoisotopic (exact) mass is 349 g/mol. The van der Waals surface area contributed by atoms with Crippen LogP contribution in [-0.4, -0.2) is 95.4 Å². The standard InChI is InChI=1S/C18H31N5O2/c1-14-8-17(20-19-14)18(25)23-11-15(9-16(12-23)13-24)10-22-5-3-4-21(2)6-7-22/h8,15-16,24H,3-7,9-13H2,1-2H3,(H,19,20)/t15-,16-/m0/s1. The topological polar surface area (TPSA) is 75.7 Å². The van der Waals surface area contributed by atoms with Crippen molar-refractivity contribution in [3.05, 3.63) is 17.5 Å².